The maximum absolute atomic E-state index is 14.0. The number of ether oxygens (including phenoxy) is 1. The number of halogens is 1. The summed E-state index contributed by atoms with van der Waals surface area (Å²) in [6.45, 7) is 0. The predicted octanol–water partition coefficient (Wildman–Crippen LogP) is 1.88. The Morgan fingerprint density at radius 1 is 1.44 bits per heavy atom. The lowest BCUT2D eigenvalue weighted by molar-refractivity contribution is 0.396. The number of nitrogens with one attached hydrogen (secondary N) is 1. The van der Waals surface area contributed by atoms with Gasteiger partial charge in [-0.1, -0.05) is 6.07 Å². The van der Waals surface area contributed by atoms with Gasteiger partial charge >= 0.3 is 0 Å². The Kier molecular flexibility index (Phi) is 3.62. The van der Waals surface area contributed by atoms with Crippen LogP contribution in [0.15, 0.2) is 30.6 Å². The topological polar surface area (TPSA) is 39.1 Å². The van der Waals surface area contributed by atoms with Gasteiger partial charge in [-0.3, -0.25) is 0 Å². The Bertz CT molecular complexity index is 539. The van der Waals surface area contributed by atoms with E-state index in [1.807, 2.05) is 17.8 Å². The fourth-order valence-corrected chi connectivity index (χ4v) is 2.03. The van der Waals surface area contributed by atoms with Crippen LogP contribution in [0.4, 0.5) is 4.39 Å². The average molecular weight is 249 g/mol. The molecule has 18 heavy (non-hydrogen) atoms. The molecule has 0 aliphatic rings. The molecule has 1 aromatic carbocycles. The van der Waals surface area contributed by atoms with Crippen molar-refractivity contribution < 1.29 is 9.13 Å². The van der Waals surface area contributed by atoms with Gasteiger partial charge in [-0.25, -0.2) is 9.37 Å². The van der Waals surface area contributed by atoms with Crippen LogP contribution in [0.1, 0.15) is 17.4 Å². The third-order valence-electron chi connectivity index (χ3n) is 2.93. The van der Waals surface area contributed by atoms with Crippen molar-refractivity contribution in [3.8, 4) is 5.75 Å². The number of hydrogen-bond donors (Lipinski definition) is 1. The van der Waals surface area contributed by atoms with Crippen molar-refractivity contribution in [2.45, 2.75) is 6.04 Å². The van der Waals surface area contributed by atoms with Gasteiger partial charge in [-0.15, -0.1) is 0 Å². The summed E-state index contributed by atoms with van der Waals surface area (Å²) in [5.74, 6) is 0.940. The highest BCUT2D eigenvalue weighted by atomic mass is 19.1. The van der Waals surface area contributed by atoms with Crippen molar-refractivity contribution in [3.63, 3.8) is 0 Å². The van der Waals surface area contributed by atoms with Crippen LogP contribution in [-0.2, 0) is 7.05 Å². The Hall–Kier alpha value is -1.88. The van der Waals surface area contributed by atoms with Gasteiger partial charge in [0.05, 0.1) is 18.7 Å². The van der Waals surface area contributed by atoms with E-state index in [1.165, 1.54) is 13.2 Å². The van der Waals surface area contributed by atoms with Crippen LogP contribution in [0.5, 0.6) is 5.75 Å². The normalized spacial score (nSPS) is 12.4. The van der Waals surface area contributed by atoms with E-state index < -0.39 is 0 Å². The summed E-state index contributed by atoms with van der Waals surface area (Å²) in [6, 6.07) is 4.45. The lowest BCUT2D eigenvalue weighted by atomic mass is 10.0. The lowest BCUT2D eigenvalue weighted by Crippen LogP contribution is -2.23. The molecule has 0 fully saturated rings. The van der Waals surface area contributed by atoms with Crippen LogP contribution in [0.2, 0.25) is 0 Å². The molecule has 5 heteroatoms. The average Bonchev–Trinajstić information content (AvgIpc) is 2.79. The quantitative estimate of drug-likeness (QED) is 0.899. The fraction of sp³-hybridized carbons (Fsp3) is 0.308. The summed E-state index contributed by atoms with van der Waals surface area (Å²) in [7, 11) is 5.18. The second kappa shape index (κ2) is 5.18. The fourth-order valence-electron chi connectivity index (χ4n) is 2.03. The Morgan fingerprint density at radius 3 is 2.78 bits per heavy atom. The van der Waals surface area contributed by atoms with Crippen LogP contribution in [0.3, 0.4) is 0 Å². The second-order valence-corrected chi connectivity index (χ2v) is 3.97. The third kappa shape index (κ3) is 2.09. The first kappa shape index (κ1) is 12.6. The molecule has 2 rings (SSSR count). The highest BCUT2D eigenvalue weighted by molar-refractivity contribution is 5.40. The van der Waals surface area contributed by atoms with Gasteiger partial charge in [0.25, 0.3) is 0 Å². The molecule has 0 radical (unpaired) electrons. The maximum atomic E-state index is 14.0. The SMILES string of the molecule is CNC(c1c(F)cccc1OC)c1nccn1C. The number of methoxy groups -OCH3 is 1. The number of aryl methyl sites for hydroxylation is 1. The zero-order valence-electron chi connectivity index (χ0n) is 10.6. The second-order valence-electron chi connectivity index (χ2n) is 3.97. The van der Waals surface area contributed by atoms with Crippen molar-refractivity contribution in [2.75, 3.05) is 14.2 Å². The van der Waals surface area contributed by atoms with Crippen molar-refractivity contribution in [1.82, 2.24) is 14.9 Å². The summed E-state index contributed by atoms with van der Waals surface area (Å²) >= 11 is 0. The Morgan fingerprint density at radius 2 is 2.22 bits per heavy atom. The zero-order valence-corrected chi connectivity index (χ0v) is 10.6. The molecule has 4 nitrogen and oxygen atoms in total. The number of aromatic nitrogens is 2. The van der Waals surface area contributed by atoms with E-state index >= 15 is 0 Å². The van der Waals surface area contributed by atoms with Gasteiger partial charge in [-0.05, 0) is 19.2 Å². The minimum atomic E-state index is -0.346. The molecule has 1 atom stereocenters. The Balaban J connectivity index is 2.55. The highest BCUT2D eigenvalue weighted by Crippen LogP contribution is 2.31. The largest absolute Gasteiger partial charge is 0.496 e. The molecule has 0 amide bonds. The molecule has 1 aromatic heterocycles. The van der Waals surface area contributed by atoms with Crippen molar-refractivity contribution in [1.29, 1.82) is 0 Å². The van der Waals surface area contributed by atoms with Crippen LogP contribution in [0, 0.1) is 5.82 Å². The number of rotatable bonds is 4. The minimum Gasteiger partial charge on any atom is -0.496 e. The number of benzene rings is 1. The van der Waals surface area contributed by atoms with E-state index in [4.69, 9.17) is 4.74 Å². The van der Waals surface area contributed by atoms with Gasteiger partial charge in [0.15, 0.2) is 0 Å². The molecule has 0 spiro atoms. The summed E-state index contributed by atoms with van der Waals surface area (Å²) in [6.07, 6.45) is 3.51. The lowest BCUT2D eigenvalue weighted by Gasteiger charge is -2.19. The van der Waals surface area contributed by atoms with Crippen LogP contribution in [-0.4, -0.2) is 23.7 Å². The van der Waals surface area contributed by atoms with E-state index in [-0.39, 0.29) is 11.9 Å². The van der Waals surface area contributed by atoms with E-state index in [1.54, 1.807) is 25.4 Å². The molecular weight excluding hydrogens is 233 g/mol. The molecule has 1 N–H and O–H groups in total. The van der Waals surface area contributed by atoms with E-state index in [2.05, 4.69) is 10.3 Å². The molecule has 0 saturated carbocycles. The predicted molar refractivity (Wildman–Crippen MR) is 67.1 cm³/mol. The van der Waals surface area contributed by atoms with E-state index in [9.17, 15) is 4.39 Å². The first-order valence-corrected chi connectivity index (χ1v) is 5.66. The van der Waals surface area contributed by atoms with Crippen molar-refractivity contribution in [3.05, 3.63) is 47.8 Å². The molecule has 96 valence electrons. The van der Waals surface area contributed by atoms with Crippen LogP contribution >= 0.6 is 0 Å². The monoisotopic (exact) mass is 249 g/mol. The third-order valence-corrected chi connectivity index (χ3v) is 2.93. The van der Waals surface area contributed by atoms with Crippen LogP contribution < -0.4 is 10.1 Å². The van der Waals surface area contributed by atoms with Gasteiger partial charge in [0.1, 0.15) is 17.4 Å². The molecular formula is C13H16FN3O. The summed E-state index contributed by atoms with van der Waals surface area (Å²) in [4.78, 5) is 4.26. The first-order valence-electron chi connectivity index (χ1n) is 5.66. The standard InChI is InChI=1S/C13H16FN3O/c1-15-12(13-16-7-8-17(13)2)11-9(14)5-4-6-10(11)18-3/h4-8,12,15H,1-3H3. The smallest absolute Gasteiger partial charge is 0.132 e. The molecule has 0 bridgehead atoms. The van der Waals surface area contributed by atoms with E-state index in [0.717, 1.165) is 5.82 Å². The van der Waals surface area contributed by atoms with Crippen molar-refractivity contribution >= 4 is 0 Å². The summed E-state index contributed by atoms with van der Waals surface area (Å²) < 4.78 is 21.1. The number of nitrogens with zero attached hydrogens (tertiary/aromatic N) is 2. The van der Waals surface area contributed by atoms with Crippen LogP contribution in [0.25, 0.3) is 0 Å². The summed E-state index contributed by atoms with van der Waals surface area (Å²) in [5.41, 5.74) is 0.469. The van der Waals surface area contributed by atoms with Crippen molar-refractivity contribution in [2.24, 2.45) is 7.05 Å². The summed E-state index contributed by atoms with van der Waals surface area (Å²) in [5, 5.41) is 3.07. The first-order chi connectivity index (χ1) is 8.69. The minimum absolute atomic E-state index is 0.309. The molecule has 0 aliphatic carbocycles. The zero-order chi connectivity index (χ0) is 13.1. The molecule has 0 saturated heterocycles. The number of hydrogen-bond acceptors (Lipinski definition) is 3. The van der Waals surface area contributed by atoms with Gasteiger partial charge in [-0.2, -0.15) is 0 Å². The molecule has 0 aliphatic heterocycles. The highest BCUT2D eigenvalue weighted by Gasteiger charge is 2.23. The van der Waals surface area contributed by atoms with Gasteiger partial charge in [0, 0.05) is 19.4 Å². The Labute approximate surface area is 105 Å². The number of imidazole rings is 1. The van der Waals surface area contributed by atoms with E-state index in [0.29, 0.717) is 11.3 Å². The maximum Gasteiger partial charge on any atom is 0.132 e. The molecule has 1 heterocycles. The van der Waals surface area contributed by atoms with Gasteiger partial charge < -0.3 is 14.6 Å². The molecule has 2 aromatic rings. The van der Waals surface area contributed by atoms with Gasteiger partial charge in [0.2, 0.25) is 0 Å². The molecule has 1 unspecified atom stereocenters.